The SMILES string of the molecule is CC(=O)NCCCc1ccc(C(=O)COC(=O)C2COc3ccc(Cl)cc3C2)cc1. The van der Waals surface area contributed by atoms with Crippen molar-refractivity contribution in [1.29, 1.82) is 0 Å². The zero-order valence-corrected chi connectivity index (χ0v) is 17.5. The van der Waals surface area contributed by atoms with Gasteiger partial charge in [-0.3, -0.25) is 14.4 Å². The van der Waals surface area contributed by atoms with Crippen molar-refractivity contribution in [2.24, 2.45) is 5.92 Å². The lowest BCUT2D eigenvalue weighted by Crippen LogP contribution is -2.31. The smallest absolute Gasteiger partial charge is 0.313 e. The number of aryl methyl sites for hydroxylation is 1. The largest absolute Gasteiger partial charge is 0.492 e. The Morgan fingerprint density at radius 2 is 1.93 bits per heavy atom. The third kappa shape index (κ3) is 6.07. The number of carbonyl (C=O) groups excluding carboxylic acids is 3. The standard InChI is InChI=1S/C23H24ClNO5/c1-15(26)25-10-2-3-16-4-6-17(7-5-16)21(27)14-30-23(28)19-11-18-12-20(24)8-9-22(18)29-13-19/h4-9,12,19H,2-3,10-11,13-14H2,1H3,(H,25,26). The van der Waals surface area contributed by atoms with Gasteiger partial charge in [-0.2, -0.15) is 0 Å². The number of hydrogen-bond acceptors (Lipinski definition) is 5. The molecule has 3 rings (SSSR count). The lowest BCUT2D eigenvalue weighted by molar-refractivity contribution is -0.148. The second-order valence-corrected chi connectivity index (χ2v) is 7.71. The maximum Gasteiger partial charge on any atom is 0.313 e. The van der Waals surface area contributed by atoms with Gasteiger partial charge in [-0.15, -0.1) is 0 Å². The molecule has 2 aromatic carbocycles. The van der Waals surface area contributed by atoms with Crippen LogP contribution in [0, 0.1) is 5.92 Å². The fourth-order valence-corrected chi connectivity index (χ4v) is 3.46. The highest BCUT2D eigenvalue weighted by molar-refractivity contribution is 6.30. The van der Waals surface area contributed by atoms with E-state index < -0.39 is 11.9 Å². The van der Waals surface area contributed by atoms with Gasteiger partial charge in [-0.05, 0) is 48.6 Å². The van der Waals surface area contributed by atoms with E-state index >= 15 is 0 Å². The van der Waals surface area contributed by atoms with Crippen LogP contribution in [-0.4, -0.2) is 37.4 Å². The molecule has 1 unspecified atom stereocenters. The van der Waals surface area contributed by atoms with Crippen LogP contribution in [0.2, 0.25) is 5.02 Å². The Balaban J connectivity index is 1.46. The number of fused-ring (bicyclic) bond motifs is 1. The van der Waals surface area contributed by atoms with Gasteiger partial charge in [0, 0.05) is 24.1 Å². The normalized spacial score (nSPS) is 14.9. The number of rotatable bonds is 8. The Morgan fingerprint density at radius 1 is 1.17 bits per heavy atom. The van der Waals surface area contributed by atoms with Crippen LogP contribution in [0.1, 0.15) is 34.8 Å². The second kappa shape index (κ2) is 10.3. The van der Waals surface area contributed by atoms with Gasteiger partial charge in [0.05, 0.1) is 5.92 Å². The molecule has 6 nitrogen and oxygen atoms in total. The number of hydrogen-bond donors (Lipinski definition) is 1. The summed E-state index contributed by atoms with van der Waals surface area (Å²) in [5, 5.41) is 3.33. The van der Waals surface area contributed by atoms with E-state index in [-0.39, 0.29) is 24.9 Å². The molecule has 1 aliphatic rings. The highest BCUT2D eigenvalue weighted by Gasteiger charge is 2.28. The average molecular weight is 430 g/mol. The highest BCUT2D eigenvalue weighted by Crippen LogP contribution is 2.30. The van der Waals surface area contributed by atoms with Gasteiger partial charge in [0.1, 0.15) is 12.4 Å². The number of benzene rings is 2. The Hall–Kier alpha value is -2.86. The molecular formula is C23H24ClNO5. The van der Waals surface area contributed by atoms with E-state index in [0.29, 0.717) is 23.6 Å². The summed E-state index contributed by atoms with van der Waals surface area (Å²) in [6, 6.07) is 12.5. The molecule has 1 amide bonds. The summed E-state index contributed by atoms with van der Waals surface area (Å²) >= 11 is 6.00. The van der Waals surface area contributed by atoms with E-state index in [2.05, 4.69) is 5.32 Å². The first-order valence-corrected chi connectivity index (χ1v) is 10.2. The fraction of sp³-hybridized carbons (Fsp3) is 0.348. The van der Waals surface area contributed by atoms with E-state index in [1.807, 2.05) is 12.1 Å². The van der Waals surface area contributed by atoms with Crippen molar-refractivity contribution in [3.8, 4) is 5.75 Å². The molecule has 0 radical (unpaired) electrons. The predicted molar refractivity (Wildman–Crippen MR) is 113 cm³/mol. The monoisotopic (exact) mass is 429 g/mol. The van der Waals surface area contributed by atoms with Crippen LogP contribution in [0.3, 0.4) is 0 Å². The molecule has 1 heterocycles. The van der Waals surface area contributed by atoms with Crippen LogP contribution < -0.4 is 10.1 Å². The summed E-state index contributed by atoms with van der Waals surface area (Å²) in [5.41, 5.74) is 2.42. The number of esters is 1. The second-order valence-electron chi connectivity index (χ2n) is 7.28. The van der Waals surface area contributed by atoms with E-state index in [4.69, 9.17) is 21.1 Å². The van der Waals surface area contributed by atoms with Gasteiger partial charge in [-0.25, -0.2) is 0 Å². The van der Waals surface area contributed by atoms with Crippen molar-refractivity contribution >= 4 is 29.3 Å². The van der Waals surface area contributed by atoms with Crippen molar-refractivity contribution in [3.05, 3.63) is 64.2 Å². The third-order valence-electron chi connectivity index (χ3n) is 4.90. The quantitative estimate of drug-likeness (QED) is 0.395. The molecule has 158 valence electrons. The van der Waals surface area contributed by atoms with Gasteiger partial charge in [-0.1, -0.05) is 35.9 Å². The van der Waals surface area contributed by atoms with Gasteiger partial charge in [0.25, 0.3) is 0 Å². The minimum Gasteiger partial charge on any atom is -0.492 e. The van der Waals surface area contributed by atoms with Crippen LogP contribution in [-0.2, 0) is 27.2 Å². The van der Waals surface area contributed by atoms with Gasteiger partial charge >= 0.3 is 5.97 Å². The minimum atomic E-state index is -0.463. The maximum absolute atomic E-state index is 12.4. The molecule has 0 spiro atoms. The zero-order valence-electron chi connectivity index (χ0n) is 16.8. The summed E-state index contributed by atoms with van der Waals surface area (Å²) in [6.45, 7) is 2.02. The van der Waals surface area contributed by atoms with E-state index in [9.17, 15) is 14.4 Å². The number of ketones is 1. The molecule has 7 heteroatoms. The van der Waals surface area contributed by atoms with Crippen LogP contribution in [0.4, 0.5) is 0 Å². The van der Waals surface area contributed by atoms with E-state index in [1.165, 1.54) is 6.92 Å². The summed E-state index contributed by atoms with van der Waals surface area (Å²) in [4.78, 5) is 35.6. The molecule has 0 aromatic heterocycles. The van der Waals surface area contributed by atoms with Crippen LogP contribution in [0.15, 0.2) is 42.5 Å². The molecular weight excluding hydrogens is 406 g/mol. The number of ether oxygens (including phenoxy) is 2. The lowest BCUT2D eigenvalue weighted by Gasteiger charge is -2.24. The molecule has 2 aromatic rings. The fourth-order valence-electron chi connectivity index (χ4n) is 3.27. The molecule has 0 fully saturated rings. The zero-order chi connectivity index (χ0) is 21.5. The van der Waals surface area contributed by atoms with Crippen LogP contribution >= 0.6 is 11.6 Å². The van der Waals surface area contributed by atoms with E-state index in [1.54, 1.807) is 30.3 Å². The Labute approximate surface area is 180 Å². The maximum atomic E-state index is 12.4. The summed E-state index contributed by atoms with van der Waals surface area (Å²) in [6.07, 6.45) is 2.09. The molecule has 0 saturated carbocycles. The molecule has 0 bridgehead atoms. The molecule has 1 aliphatic heterocycles. The summed E-state index contributed by atoms with van der Waals surface area (Å²) < 4.78 is 10.8. The molecule has 0 saturated heterocycles. The summed E-state index contributed by atoms with van der Waals surface area (Å²) in [5.74, 6) is -0.499. The minimum absolute atomic E-state index is 0.0433. The highest BCUT2D eigenvalue weighted by atomic mass is 35.5. The topological polar surface area (TPSA) is 81.7 Å². The van der Waals surface area contributed by atoms with E-state index in [0.717, 1.165) is 29.7 Å². The first kappa shape index (κ1) is 21.8. The lowest BCUT2D eigenvalue weighted by atomic mass is 9.97. The van der Waals surface area contributed by atoms with Crippen LogP contribution in [0.25, 0.3) is 0 Å². The third-order valence-corrected chi connectivity index (χ3v) is 5.13. The van der Waals surface area contributed by atoms with Crippen LogP contribution in [0.5, 0.6) is 5.75 Å². The number of carbonyl (C=O) groups is 3. The Morgan fingerprint density at radius 3 is 2.67 bits per heavy atom. The van der Waals surface area contributed by atoms with Gasteiger partial charge in [0.15, 0.2) is 12.4 Å². The number of halogens is 1. The number of amides is 1. The Bertz CT molecular complexity index is 926. The van der Waals surface area contributed by atoms with Crippen molar-refractivity contribution < 1.29 is 23.9 Å². The Kier molecular flexibility index (Phi) is 7.46. The first-order chi connectivity index (χ1) is 14.4. The summed E-state index contributed by atoms with van der Waals surface area (Å²) in [7, 11) is 0. The average Bonchev–Trinajstić information content (AvgIpc) is 2.74. The van der Waals surface area contributed by atoms with Crippen molar-refractivity contribution in [1.82, 2.24) is 5.32 Å². The van der Waals surface area contributed by atoms with Gasteiger partial charge in [0.2, 0.25) is 5.91 Å². The first-order valence-electron chi connectivity index (χ1n) is 9.87. The predicted octanol–water partition coefficient (Wildman–Crippen LogP) is 3.39. The van der Waals surface area contributed by atoms with Crippen molar-refractivity contribution in [2.45, 2.75) is 26.2 Å². The van der Waals surface area contributed by atoms with Crippen molar-refractivity contribution in [3.63, 3.8) is 0 Å². The molecule has 1 atom stereocenters. The molecule has 1 N–H and O–H groups in total. The van der Waals surface area contributed by atoms with Crippen molar-refractivity contribution in [2.75, 3.05) is 19.8 Å². The molecule has 30 heavy (non-hydrogen) atoms. The number of Topliss-reactive ketones (excluding diaryl/α,β-unsaturated/α-hetero) is 1. The number of nitrogens with one attached hydrogen (secondary N) is 1. The van der Waals surface area contributed by atoms with Gasteiger partial charge < -0.3 is 14.8 Å². The molecule has 0 aliphatic carbocycles.